The van der Waals surface area contributed by atoms with Gasteiger partial charge in [-0.3, -0.25) is 9.78 Å². The number of rotatable bonds is 5. The average molecular weight is 415 g/mol. The van der Waals surface area contributed by atoms with Crippen LogP contribution in [-0.4, -0.2) is 48.6 Å². The second-order valence-corrected chi connectivity index (χ2v) is 8.92. The number of hydrogen-bond donors (Lipinski definition) is 1. The predicted molar refractivity (Wildman–Crippen MR) is 98.3 cm³/mol. The summed E-state index contributed by atoms with van der Waals surface area (Å²) < 4.78 is 62.5. The second-order valence-electron chi connectivity index (χ2n) is 6.83. The summed E-state index contributed by atoms with van der Waals surface area (Å²) in [6, 6.07) is 8.93. The Hall–Kier alpha value is -2.20. The van der Waals surface area contributed by atoms with Crippen molar-refractivity contribution in [3.63, 3.8) is 0 Å². The number of halogens is 3. The maximum Gasteiger partial charge on any atom is 0.390 e. The Morgan fingerprint density at radius 2 is 1.86 bits per heavy atom. The summed E-state index contributed by atoms with van der Waals surface area (Å²) in [5.74, 6) is -1.77. The minimum atomic E-state index is -4.52. The molecule has 0 saturated carbocycles. The quantitative estimate of drug-likeness (QED) is 0.813. The topological polar surface area (TPSA) is 93.4 Å². The Labute approximate surface area is 160 Å². The van der Waals surface area contributed by atoms with E-state index in [0.29, 0.717) is 24.1 Å². The molecule has 1 fully saturated rings. The number of primary amides is 1. The van der Waals surface area contributed by atoms with E-state index in [1.165, 1.54) is 0 Å². The Balaban J connectivity index is 1.78. The molecule has 10 heteroatoms. The van der Waals surface area contributed by atoms with E-state index >= 15 is 0 Å². The zero-order valence-corrected chi connectivity index (χ0v) is 15.8. The molecule has 0 radical (unpaired) electrons. The molecule has 28 heavy (non-hydrogen) atoms. The van der Waals surface area contributed by atoms with Crippen LogP contribution in [0.2, 0.25) is 0 Å². The van der Waals surface area contributed by atoms with Gasteiger partial charge < -0.3 is 5.73 Å². The molecule has 1 aliphatic heterocycles. The molecule has 0 unspecified atom stereocenters. The third-order valence-corrected chi connectivity index (χ3v) is 6.77. The Morgan fingerprint density at radius 3 is 2.46 bits per heavy atom. The summed E-state index contributed by atoms with van der Waals surface area (Å²) in [5.41, 5.74) is 7.00. The first-order chi connectivity index (χ1) is 13.1. The van der Waals surface area contributed by atoms with E-state index in [1.54, 1.807) is 12.1 Å². The number of alkyl halides is 3. The first kappa shape index (κ1) is 20.5. The van der Waals surface area contributed by atoms with Crippen LogP contribution in [0.15, 0.2) is 30.3 Å². The van der Waals surface area contributed by atoms with Crippen LogP contribution in [-0.2, 0) is 10.0 Å². The minimum Gasteiger partial charge on any atom is -0.366 e. The third kappa shape index (κ3) is 4.61. The van der Waals surface area contributed by atoms with Gasteiger partial charge in [0.25, 0.3) is 5.91 Å². The molecule has 1 aromatic carbocycles. The highest BCUT2D eigenvalue weighted by molar-refractivity contribution is 7.89. The molecule has 1 aliphatic rings. The lowest BCUT2D eigenvalue weighted by Crippen LogP contribution is -2.40. The highest BCUT2D eigenvalue weighted by Gasteiger charge is 2.35. The van der Waals surface area contributed by atoms with E-state index in [1.807, 2.05) is 18.2 Å². The summed E-state index contributed by atoms with van der Waals surface area (Å²) in [7, 11) is -3.98. The van der Waals surface area contributed by atoms with Gasteiger partial charge in [0, 0.05) is 24.4 Å². The molecule has 6 nitrogen and oxygen atoms in total. The van der Waals surface area contributed by atoms with Gasteiger partial charge in [-0.2, -0.15) is 13.2 Å². The van der Waals surface area contributed by atoms with Crippen LogP contribution < -0.4 is 5.73 Å². The van der Waals surface area contributed by atoms with Crippen molar-refractivity contribution in [2.75, 3.05) is 18.8 Å². The first-order valence-corrected chi connectivity index (χ1v) is 10.4. The summed E-state index contributed by atoms with van der Waals surface area (Å²) in [4.78, 5) is 16.4. The lowest BCUT2D eigenvalue weighted by atomic mass is 9.90. The van der Waals surface area contributed by atoms with Crippen molar-refractivity contribution in [1.29, 1.82) is 0 Å². The molecular weight excluding hydrogens is 395 g/mol. The van der Waals surface area contributed by atoms with E-state index in [-0.39, 0.29) is 24.6 Å². The van der Waals surface area contributed by atoms with Crippen LogP contribution >= 0.6 is 0 Å². The number of sulfonamides is 1. The van der Waals surface area contributed by atoms with Gasteiger partial charge in [0.2, 0.25) is 10.0 Å². The van der Waals surface area contributed by atoms with Crippen LogP contribution in [0.25, 0.3) is 10.9 Å². The molecule has 0 atom stereocenters. The number of benzene rings is 1. The van der Waals surface area contributed by atoms with Crippen LogP contribution in [0.4, 0.5) is 13.2 Å². The van der Waals surface area contributed by atoms with Crippen molar-refractivity contribution < 1.29 is 26.4 Å². The number of amides is 1. The fraction of sp³-hybridized carbons (Fsp3) is 0.444. The molecule has 0 bridgehead atoms. The number of para-hydroxylation sites is 1. The Bertz CT molecular complexity index is 984. The van der Waals surface area contributed by atoms with Crippen LogP contribution in [0, 0.1) is 0 Å². The Morgan fingerprint density at radius 1 is 1.21 bits per heavy atom. The molecule has 2 aromatic rings. The van der Waals surface area contributed by atoms with Gasteiger partial charge in [-0.25, -0.2) is 12.7 Å². The van der Waals surface area contributed by atoms with Crippen molar-refractivity contribution >= 4 is 26.8 Å². The molecule has 2 heterocycles. The van der Waals surface area contributed by atoms with Gasteiger partial charge in [-0.05, 0) is 25.0 Å². The molecule has 2 N–H and O–H groups in total. The highest BCUT2D eigenvalue weighted by atomic mass is 32.2. The Kier molecular flexibility index (Phi) is 5.62. The SMILES string of the molecule is NC(=O)c1cc2ccccc2nc1C1CCN(S(=O)(=O)CCC(F)(F)F)CC1. The van der Waals surface area contributed by atoms with Gasteiger partial charge in [0.1, 0.15) is 0 Å². The summed E-state index contributed by atoms with van der Waals surface area (Å²) in [6.07, 6.45) is -5.17. The number of hydrogen-bond acceptors (Lipinski definition) is 4. The van der Waals surface area contributed by atoms with E-state index in [9.17, 15) is 26.4 Å². The lowest BCUT2D eigenvalue weighted by Gasteiger charge is -2.31. The maximum absolute atomic E-state index is 12.3. The summed E-state index contributed by atoms with van der Waals surface area (Å²) in [6.45, 7) is 0.162. The molecular formula is C18H20F3N3O3S. The smallest absolute Gasteiger partial charge is 0.366 e. The highest BCUT2D eigenvalue weighted by Crippen LogP contribution is 2.32. The molecule has 0 spiro atoms. The molecule has 0 aliphatic carbocycles. The van der Waals surface area contributed by atoms with Crippen LogP contribution in [0.1, 0.15) is 41.2 Å². The van der Waals surface area contributed by atoms with Crippen molar-refractivity contribution in [3.8, 4) is 0 Å². The molecule has 1 aromatic heterocycles. The van der Waals surface area contributed by atoms with Crippen molar-refractivity contribution in [1.82, 2.24) is 9.29 Å². The number of carbonyl (C=O) groups excluding carboxylic acids is 1. The number of fused-ring (bicyclic) bond motifs is 1. The van der Waals surface area contributed by atoms with E-state index in [4.69, 9.17) is 5.73 Å². The van der Waals surface area contributed by atoms with Gasteiger partial charge in [0.15, 0.2) is 0 Å². The van der Waals surface area contributed by atoms with E-state index in [0.717, 1.165) is 9.69 Å². The number of nitrogens with zero attached hydrogens (tertiary/aromatic N) is 2. The molecule has 1 saturated heterocycles. The zero-order chi connectivity index (χ0) is 20.5. The second kappa shape index (κ2) is 7.67. The van der Waals surface area contributed by atoms with Crippen LogP contribution in [0.5, 0.6) is 0 Å². The fourth-order valence-electron chi connectivity index (χ4n) is 3.42. The number of carbonyl (C=O) groups is 1. The molecule has 1 amide bonds. The van der Waals surface area contributed by atoms with Crippen molar-refractivity contribution in [2.24, 2.45) is 5.73 Å². The van der Waals surface area contributed by atoms with Gasteiger partial charge in [-0.15, -0.1) is 0 Å². The van der Waals surface area contributed by atoms with Gasteiger partial charge >= 0.3 is 6.18 Å². The maximum atomic E-state index is 12.3. The fourth-order valence-corrected chi connectivity index (χ4v) is 4.94. The van der Waals surface area contributed by atoms with Crippen molar-refractivity contribution in [2.45, 2.75) is 31.4 Å². The molecule has 152 valence electrons. The zero-order valence-electron chi connectivity index (χ0n) is 14.9. The van der Waals surface area contributed by atoms with Gasteiger partial charge in [0.05, 0.1) is 28.9 Å². The average Bonchev–Trinajstić information content (AvgIpc) is 2.65. The third-order valence-electron chi connectivity index (χ3n) is 4.90. The minimum absolute atomic E-state index is 0.0809. The first-order valence-electron chi connectivity index (χ1n) is 8.81. The van der Waals surface area contributed by atoms with E-state index in [2.05, 4.69) is 4.98 Å². The number of piperidine rings is 1. The number of nitrogens with two attached hydrogens (primary N) is 1. The number of pyridine rings is 1. The monoisotopic (exact) mass is 415 g/mol. The number of aromatic nitrogens is 1. The van der Waals surface area contributed by atoms with Gasteiger partial charge in [-0.1, -0.05) is 18.2 Å². The van der Waals surface area contributed by atoms with Crippen molar-refractivity contribution in [3.05, 3.63) is 41.6 Å². The predicted octanol–water partition coefficient (Wildman–Crippen LogP) is 2.80. The van der Waals surface area contributed by atoms with E-state index < -0.39 is 34.3 Å². The summed E-state index contributed by atoms with van der Waals surface area (Å²) in [5, 5.41) is 0.771. The standard InChI is InChI=1S/C18H20F3N3O3S/c19-18(20,21)7-10-28(26,27)24-8-5-12(6-9-24)16-14(17(22)25)11-13-3-1-2-4-15(13)23-16/h1-4,11-12H,5-10H2,(H2,22,25). The largest absolute Gasteiger partial charge is 0.390 e. The normalized spacial score (nSPS) is 17.1. The van der Waals surface area contributed by atoms with Crippen LogP contribution in [0.3, 0.4) is 0 Å². The lowest BCUT2D eigenvalue weighted by molar-refractivity contribution is -0.130. The summed E-state index contributed by atoms with van der Waals surface area (Å²) >= 11 is 0. The molecule has 3 rings (SSSR count).